The number of ether oxygens (including phenoxy) is 1. The van der Waals surface area contributed by atoms with E-state index in [0.29, 0.717) is 25.9 Å². The second kappa shape index (κ2) is 62.4. The molecule has 2 unspecified atom stereocenters. The van der Waals surface area contributed by atoms with Gasteiger partial charge in [-0.3, -0.25) is 9.59 Å². The zero-order valence-corrected chi connectivity index (χ0v) is 49.2. The largest absolute Gasteiger partial charge is 0.466 e. The standard InChI is InChI=1S/C66H131NO5/c1-3-5-7-9-11-13-15-17-34-38-42-46-50-54-58-64(69)63(62-68)67-65(70)59-55-51-47-43-39-35-32-30-28-26-24-22-20-19-21-23-25-27-29-31-33-37-41-45-49-53-57-61-72-66(71)60-56-52-48-44-40-36-18-16-14-12-10-8-6-4-2/h63-64,68-69H,3-62H2,1-2H3,(H,67,70). The normalized spacial score (nSPS) is 12.4. The first-order chi connectivity index (χ1) is 35.5. The maximum Gasteiger partial charge on any atom is 0.305 e. The Labute approximate surface area is 451 Å². The summed E-state index contributed by atoms with van der Waals surface area (Å²) in [6.07, 6.45) is 74.2. The van der Waals surface area contributed by atoms with Gasteiger partial charge < -0.3 is 20.3 Å². The summed E-state index contributed by atoms with van der Waals surface area (Å²) < 4.78 is 5.49. The van der Waals surface area contributed by atoms with Gasteiger partial charge in [0.2, 0.25) is 5.91 Å². The summed E-state index contributed by atoms with van der Waals surface area (Å²) in [5.41, 5.74) is 0. The van der Waals surface area contributed by atoms with Crippen LogP contribution in [0.5, 0.6) is 0 Å². The minimum Gasteiger partial charge on any atom is -0.466 e. The van der Waals surface area contributed by atoms with Gasteiger partial charge in [0.15, 0.2) is 0 Å². The number of rotatable bonds is 63. The van der Waals surface area contributed by atoms with Crippen molar-refractivity contribution in [3.8, 4) is 0 Å². The lowest BCUT2D eigenvalue weighted by atomic mass is 10.0. The Hall–Kier alpha value is -1.14. The number of carbonyl (C=O) groups is 2. The van der Waals surface area contributed by atoms with E-state index in [0.717, 1.165) is 38.5 Å². The summed E-state index contributed by atoms with van der Waals surface area (Å²) in [7, 11) is 0. The molecule has 3 N–H and O–H groups in total. The van der Waals surface area contributed by atoms with E-state index in [-0.39, 0.29) is 18.5 Å². The van der Waals surface area contributed by atoms with Crippen LogP contribution < -0.4 is 5.32 Å². The minimum absolute atomic E-state index is 0.0214. The van der Waals surface area contributed by atoms with Crippen LogP contribution in [-0.4, -0.2) is 47.4 Å². The third-order valence-corrected chi connectivity index (χ3v) is 15.9. The second-order valence-electron chi connectivity index (χ2n) is 23.2. The van der Waals surface area contributed by atoms with Crippen molar-refractivity contribution in [2.24, 2.45) is 0 Å². The molecule has 0 aliphatic heterocycles. The topological polar surface area (TPSA) is 95.9 Å². The van der Waals surface area contributed by atoms with Crippen LogP contribution in [0.2, 0.25) is 0 Å². The van der Waals surface area contributed by atoms with E-state index in [2.05, 4.69) is 19.2 Å². The quantitative estimate of drug-likeness (QED) is 0.0417. The number of esters is 1. The van der Waals surface area contributed by atoms with Crippen LogP contribution in [0.25, 0.3) is 0 Å². The van der Waals surface area contributed by atoms with E-state index < -0.39 is 12.1 Å². The molecule has 0 aliphatic carbocycles. The smallest absolute Gasteiger partial charge is 0.305 e. The van der Waals surface area contributed by atoms with Gasteiger partial charge in [-0.2, -0.15) is 0 Å². The van der Waals surface area contributed by atoms with Gasteiger partial charge in [0.25, 0.3) is 0 Å². The first kappa shape index (κ1) is 70.9. The van der Waals surface area contributed by atoms with Crippen molar-refractivity contribution in [3.63, 3.8) is 0 Å². The lowest BCUT2D eigenvalue weighted by molar-refractivity contribution is -0.143. The zero-order chi connectivity index (χ0) is 52.2. The molecule has 0 saturated carbocycles. The zero-order valence-electron chi connectivity index (χ0n) is 49.2. The Morgan fingerprint density at radius 2 is 0.569 bits per heavy atom. The highest BCUT2D eigenvalue weighted by Gasteiger charge is 2.20. The molecule has 2 atom stereocenters. The van der Waals surface area contributed by atoms with Crippen molar-refractivity contribution >= 4 is 11.9 Å². The van der Waals surface area contributed by atoms with E-state index in [4.69, 9.17) is 4.74 Å². The number of nitrogens with one attached hydrogen (secondary N) is 1. The number of hydrogen-bond donors (Lipinski definition) is 3. The SMILES string of the molecule is CCCCCCCCCCCCCCCCC(=O)OCCCCCCCCCCCCCCCCCCCCCCCCCCCCCC(=O)NC(CO)C(O)CCCCCCCCCCCCCCCC. The molecular formula is C66H131NO5. The fourth-order valence-electron chi connectivity index (χ4n) is 10.8. The molecule has 0 fully saturated rings. The second-order valence-corrected chi connectivity index (χ2v) is 23.2. The maximum absolute atomic E-state index is 12.5. The average Bonchev–Trinajstić information content (AvgIpc) is 3.38. The molecular weight excluding hydrogens is 887 g/mol. The maximum atomic E-state index is 12.5. The number of hydrogen-bond acceptors (Lipinski definition) is 5. The Balaban J connectivity index is 3.32. The van der Waals surface area contributed by atoms with Crippen LogP contribution in [0.3, 0.4) is 0 Å². The molecule has 0 aromatic rings. The molecule has 0 spiro atoms. The van der Waals surface area contributed by atoms with Crippen LogP contribution in [-0.2, 0) is 14.3 Å². The Morgan fingerprint density at radius 1 is 0.333 bits per heavy atom. The van der Waals surface area contributed by atoms with Crippen LogP contribution in [0.4, 0.5) is 0 Å². The summed E-state index contributed by atoms with van der Waals surface area (Å²) in [6.45, 7) is 4.99. The Kier molecular flexibility index (Phi) is 61.4. The molecule has 0 heterocycles. The summed E-state index contributed by atoms with van der Waals surface area (Å²) >= 11 is 0. The minimum atomic E-state index is -0.660. The van der Waals surface area contributed by atoms with Gasteiger partial charge in [-0.05, 0) is 25.7 Å². The van der Waals surface area contributed by atoms with E-state index in [1.165, 1.54) is 315 Å². The molecule has 0 saturated heterocycles. The van der Waals surface area contributed by atoms with Crippen LogP contribution in [0.1, 0.15) is 386 Å². The van der Waals surface area contributed by atoms with Crippen molar-refractivity contribution in [1.29, 1.82) is 0 Å². The number of aliphatic hydroxyl groups excluding tert-OH is 2. The number of unbranched alkanes of at least 4 members (excludes halogenated alkanes) is 52. The fourth-order valence-corrected chi connectivity index (χ4v) is 10.8. The van der Waals surface area contributed by atoms with Gasteiger partial charge in [-0.25, -0.2) is 0 Å². The highest BCUT2D eigenvalue weighted by molar-refractivity contribution is 5.76. The number of carbonyl (C=O) groups excluding carboxylic acids is 2. The van der Waals surface area contributed by atoms with Gasteiger partial charge in [0.05, 0.1) is 25.4 Å². The molecule has 6 nitrogen and oxygen atoms in total. The predicted octanol–water partition coefficient (Wildman–Crippen LogP) is 21.0. The van der Waals surface area contributed by atoms with Gasteiger partial charge >= 0.3 is 5.97 Å². The molecule has 0 radical (unpaired) electrons. The molecule has 0 aromatic heterocycles. The van der Waals surface area contributed by atoms with E-state index in [1.54, 1.807) is 0 Å². The van der Waals surface area contributed by atoms with Crippen LogP contribution >= 0.6 is 0 Å². The van der Waals surface area contributed by atoms with Gasteiger partial charge in [-0.1, -0.05) is 348 Å². The highest BCUT2D eigenvalue weighted by Crippen LogP contribution is 2.19. The Bertz CT molecular complexity index is 1040. The van der Waals surface area contributed by atoms with Crippen molar-refractivity contribution in [1.82, 2.24) is 5.32 Å². The van der Waals surface area contributed by atoms with Crippen LogP contribution in [0, 0.1) is 0 Å². The molecule has 0 aromatic carbocycles. The van der Waals surface area contributed by atoms with E-state index in [1.807, 2.05) is 0 Å². The van der Waals surface area contributed by atoms with Crippen LogP contribution in [0.15, 0.2) is 0 Å². The molecule has 1 amide bonds. The molecule has 0 aliphatic rings. The summed E-state index contributed by atoms with van der Waals surface area (Å²) in [6, 6.07) is -0.537. The molecule has 0 rings (SSSR count). The lowest BCUT2D eigenvalue weighted by Gasteiger charge is -2.22. The molecule has 430 valence electrons. The highest BCUT2D eigenvalue weighted by atomic mass is 16.5. The lowest BCUT2D eigenvalue weighted by Crippen LogP contribution is -2.45. The Morgan fingerprint density at radius 3 is 0.847 bits per heavy atom. The first-order valence-corrected chi connectivity index (χ1v) is 33.3. The number of aliphatic hydroxyl groups is 2. The molecule has 0 bridgehead atoms. The summed E-state index contributed by atoms with van der Waals surface area (Å²) in [5.74, 6) is -0.00779. The summed E-state index contributed by atoms with van der Waals surface area (Å²) in [5, 5.41) is 23.3. The van der Waals surface area contributed by atoms with Gasteiger partial charge in [-0.15, -0.1) is 0 Å². The van der Waals surface area contributed by atoms with Gasteiger partial charge in [0, 0.05) is 12.8 Å². The van der Waals surface area contributed by atoms with Crippen molar-refractivity contribution in [2.75, 3.05) is 13.2 Å². The third-order valence-electron chi connectivity index (χ3n) is 15.9. The van der Waals surface area contributed by atoms with E-state index in [9.17, 15) is 19.8 Å². The third kappa shape index (κ3) is 58.1. The summed E-state index contributed by atoms with van der Waals surface area (Å²) in [4.78, 5) is 24.5. The first-order valence-electron chi connectivity index (χ1n) is 33.3. The fraction of sp³-hybridized carbons (Fsp3) is 0.970. The molecule has 72 heavy (non-hydrogen) atoms. The van der Waals surface area contributed by atoms with Crippen molar-refractivity contribution in [3.05, 3.63) is 0 Å². The van der Waals surface area contributed by atoms with Gasteiger partial charge in [0.1, 0.15) is 0 Å². The van der Waals surface area contributed by atoms with E-state index >= 15 is 0 Å². The monoisotopic (exact) mass is 1020 g/mol. The predicted molar refractivity (Wildman–Crippen MR) is 315 cm³/mol. The number of amides is 1. The van der Waals surface area contributed by atoms with Crippen molar-refractivity contribution < 1.29 is 24.5 Å². The molecule has 6 heteroatoms. The average molecular weight is 1020 g/mol. The van der Waals surface area contributed by atoms with Crippen molar-refractivity contribution in [2.45, 2.75) is 398 Å².